The normalized spacial score (nSPS) is 17.7. The molecule has 4 atom stereocenters. The van der Waals surface area contributed by atoms with Gasteiger partial charge in [-0.15, -0.1) is 0 Å². The number of hydrogen-bond acceptors (Lipinski definition) is 17. The summed E-state index contributed by atoms with van der Waals surface area (Å²) in [6, 6.07) is 0.143. The lowest BCUT2D eigenvalue weighted by molar-refractivity contribution is -0.172. The van der Waals surface area contributed by atoms with Gasteiger partial charge in [-0.1, -0.05) is 20.8 Å². The van der Waals surface area contributed by atoms with Crippen LogP contribution in [0, 0.1) is 18.7 Å². The number of cyclic esters (lactones) is 1. The number of carbonyl (C=O) groups excluding carboxylic acids is 8. The van der Waals surface area contributed by atoms with Crippen LogP contribution in [0.4, 0.5) is 4.39 Å². The number of unbranched alkanes of at least 4 members (excludes halogenated alkanes) is 1. The van der Waals surface area contributed by atoms with Gasteiger partial charge in [0.1, 0.15) is 24.5 Å². The van der Waals surface area contributed by atoms with E-state index in [1.807, 2.05) is 0 Å². The Morgan fingerprint density at radius 1 is 0.850 bits per heavy atom. The number of fused-ring (bicyclic) bond motifs is 5. The Bertz CT molecular complexity index is 2930. The number of imide groups is 1. The van der Waals surface area contributed by atoms with Crippen LogP contribution >= 0.6 is 0 Å². The Kier molecular flexibility index (Phi) is 21.1. The van der Waals surface area contributed by atoms with Crippen molar-refractivity contribution in [2.75, 3.05) is 79.0 Å². The lowest BCUT2D eigenvalue weighted by Crippen LogP contribution is -2.56. The summed E-state index contributed by atoms with van der Waals surface area (Å²) in [7, 11) is 0. The van der Waals surface area contributed by atoms with Gasteiger partial charge in [-0.05, 0) is 80.7 Å². The Hall–Kier alpha value is -7.03. The third kappa shape index (κ3) is 14.3. The fourth-order valence-corrected chi connectivity index (χ4v) is 10.2. The van der Waals surface area contributed by atoms with Crippen LogP contribution in [0.1, 0.15) is 105 Å². The van der Waals surface area contributed by atoms with E-state index < -0.39 is 83.1 Å². The number of nitrogens with zero attached hydrogens (tertiary/aromatic N) is 3. The molecular weight excluding hydrogens is 1050 g/mol. The Labute approximate surface area is 461 Å². The van der Waals surface area contributed by atoms with Crippen LogP contribution < -0.4 is 37.9 Å². The van der Waals surface area contributed by atoms with Gasteiger partial charge in [-0.25, -0.2) is 14.2 Å². The van der Waals surface area contributed by atoms with Gasteiger partial charge in [-0.2, -0.15) is 0 Å². The number of pyridine rings is 2. The maximum absolute atomic E-state index is 15.5. The molecule has 0 bridgehead atoms. The van der Waals surface area contributed by atoms with Crippen molar-refractivity contribution in [1.82, 2.24) is 41.0 Å². The first-order valence-corrected chi connectivity index (χ1v) is 27.2. The zero-order valence-electron chi connectivity index (χ0n) is 45.6. The second kappa shape index (κ2) is 27.9. The molecule has 0 saturated carbocycles. The van der Waals surface area contributed by atoms with E-state index in [1.165, 1.54) is 22.8 Å². The zero-order chi connectivity index (χ0) is 57.7. The molecule has 80 heavy (non-hydrogen) atoms. The van der Waals surface area contributed by atoms with Crippen LogP contribution in [0.15, 0.2) is 29.1 Å². The van der Waals surface area contributed by atoms with Gasteiger partial charge in [0.25, 0.3) is 17.4 Å². The number of hydrogen-bond donors (Lipinski definition) is 7. The fraction of sp³-hybridized carbons (Fsp3) is 0.564. The largest absolute Gasteiger partial charge is 0.458 e. The van der Waals surface area contributed by atoms with Gasteiger partial charge in [0.05, 0.1) is 94.5 Å². The van der Waals surface area contributed by atoms with Crippen molar-refractivity contribution < 1.29 is 71.5 Å². The van der Waals surface area contributed by atoms with Gasteiger partial charge >= 0.3 is 5.97 Å². The standard InChI is InChI=1S/C55H72FN9O15/c1-5-55(75)36-26-41-50-34(29-65(41)53(73)35(36)30-80-54(55)74)48-38(10-9-33-32(4)37(56)27-40(61-50)47(33)48)60-44(68)28-59-51(71)39(8-6-7-15-57)62-52(72)49(31(2)3)63-43(67)14-18-76-20-22-78-24-25-79-23-21-77-19-16-58-42(66)13-17-64-45(69)11-12-46(64)70/h11-12,26-27,31,38-39,49,75H,5-10,13-25,28-30,57H2,1-4H3,(H,58,66)(H,59,71)(H,60,68)(H,62,72)(H,63,67)/t38-,39-,49-,55?/m0/s1. The first kappa shape index (κ1) is 60.6. The second-order valence-corrected chi connectivity index (χ2v) is 20.3. The predicted molar refractivity (Wildman–Crippen MR) is 284 cm³/mol. The van der Waals surface area contributed by atoms with Gasteiger partial charge < -0.3 is 65.7 Å². The molecule has 0 spiro atoms. The van der Waals surface area contributed by atoms with E-state index in [4.69, 9.17) is 34.4 Å². The van der Waals surface area contributed by atoms with Crippen LogP contribution in [-0.2, 0) is 87.2 Å². The number of amides is 7. The summed E-state index contributed by atoms with van der Waals surface area (Å²) >= 11 is 0. The lowest BCUT2D eigenvalue weighted by Gasteiger charge is -2.31. The maximum atomic E-state index is 15.5. The van der Waals surface area contributed by atoms with Crippen molar-refractivity contribution >= 4 is 58.2 Å². The highest BCUT2D eigenvalue weighted by atomic mass is 19.1. The number of nitrogens with one attached hydrogen (secondary N) is 5. The predicted octanol–water partition coefficient (Wildman–Crippen LogP) is 0.389. The van der Waals surface area contributed by atoms with E-state index >= 15 is 4.39 Å². The number of aromatic nitrogens is 2. The number of nitrogens with two attached hydrogens (primary N) is 1. The minimum atomic E-state index is -2.06. The Morgan fingerprint density at radius 2 is 1.52 bits per heavy atom. The van der Waals surface area contributed by atoms with E-state index in [9.17, 15) is 48.3 Å². The van der Waals surface area contributed by atoms with Crippen molar-refractivity contribution in [3.8, 4) is 11.4 Å². The number of aryl methyl sites for hydroxylation is 1. The second-order valence-electron chi connectivity index (χ2n) is 20.3. The molecule has 1 aromatic carbocycles. The summed E-state index contributed by atoms with van der Waals surface area (Å²) in [4.78, 5) is 122. The molecule has 25 heteroatoms. The quantitative estimate of drug-likeness (QED) is 0.0204. The number of aliphatic hydroxyl groups is 1. The van der Waals surface area contributed by atoms with Crippen LogP contribution in [0.2, 0.25) is 0 Å². The highest BCUT2D eigenvalue weighted by molar-refractivity contribution is 6.13. The van der Waals surface area contributed by atoms with E-state index in [0.717, 1.165) is 10.5 Å². The monoisotopic (exact) mass is 1120 g/mol. The number of esters is 1. The topological polar surface area (TPSA) is 327 Å². The van der Waals surface area contributed by atoms with Crippen molar-refractivity contribution in [3.63, 3.8) is 0 Å². The average Bonchev–Trinajstić information content (AvgIpc) is 4.06. The van der Waals surface area contributed by atoms with Gasteiger partial charge in [0.15, 0.2) is 5.60 Å². The van der Waals surface area contributed by atoms with Crippen molar-refractivity contribution in [3.05, 3.63) is 73.8 Å². The Morgan fingerprint density at radius 3 is 2.19 bits per heavy atom. The van der Waals surface area contributed by atoms with E-state index in [-0.39, 0.29) is 108 Å². The third-order valence-electron chi connectivity index (χ3n) is 14.6. The van der Waals surface area contributed by atoms with Crippen LogP contribution in [0.5, 0.6) is 0 Å². The fourth-order valence-electron chi connectivity index (χ4n) is 10.2. The number of carbonyl (C=O) groups is 8. The number of benzene rings is 1. The van der Waals surface area contributed by atoms with Gasteiger partial charge in [0, 0.05) is 60.7 Å². The molecule has 3 aromatic rings. The van der Waals surface area contributed by atoms with Gasteiger partial charge in [0.2, 0.25) is 29.5 Å². The summed E-state index contributed by atoms with van der Waals surface area (Å²) in [6.45, 7) is 8.59. The minimum Gasteiger partial charge on any atom is -0.458 e. The SMILES string of the molecule is CCC1(O)C(=O)OCc2c1cc1n(c2=O)Cc2c-1nc1cc(F)c(C)c3c1c2[C@@H](NC(=O)CNC(=O)[C@H](CCCCN)NC(=O)[C@@H](NC(=O)CCOCCOCCOCCOCCNC(=O)CCN1C(=O)C=CC1=O)C(C)C)CC3. The molecule has 0 fully saturated rings. The minimum absolute atomic E-state index is 0.00246. The molecule has 5 heterocycles. The molecule has 434 valence electrons. The maximum Gasteiger partial charge on any atom is 0.343 e. The Balaban J connectivity index is 0.843. The van der Waals surface area contributed by atoms with E-state index in [0.29, 0.717) is 91.0 Å². The summed E-state index contributed by atoms with van der Waals surface area (Å²) in [6.07, 6.45) is 4.20. The molecule has 24 nitrogen and oxygen atoms in total. The van der Waals surface area contributed by atoms with Gasteiger partial charge in [-0.3, -0.25) is 43.3 Å². The smallest absolute Gasteiger partial charge is 0.343 e. The van der Waals surface area contributed by atoms with E-state index in [1.54, 1.807) is 33.8 Å². The molecule has 7 amide bonds. The molecular formula is C55H72FN9O15. The molecule has 1 unspecified atom stereocenters. The van der Waals surface area contributed by atoms with Crippen LogP contribution in [0.25, 0.3) is 22.3 Å². The summed E-state index contributed by atoms with van der Waals surface area (Å²) in [5.41, 5.74) is 6.88. The first-order chi connectivity index (χ1) is 38.4. The van der Waals surface area contributed by atoms with Crippen molar-refractivity contribution in [1.29, 1.82) is 0 Å². The van der Waals surface area contributed by atoms with Crippen molar-refractivity contribution in [2.45, 2.75) is 116 Å². The number of rotatable bonds is 31. The highest BCUT2D eigenvalue weighted by Gasteiger charge is 2.46. The summed E-state index contributed by atoms with van der Waals surface area (Å²) in [5.74, 6) is -5.11. The average molecular weight is 1120 g/mol. The molecule has 1 aliphatic carbocycles. The number of halogens is 1. The highest BCUT2D eigenvalue weighted by Crippen LogP contribution is 2.46. The molecule has 4 aliphatic rings. The molecule has 0 saturated heterocycles. The van der Waals surface area contributed by atoms with Crippen LogP contribution in [-0.4, -0.2) is 158 Å². The zero-order valence-corrected chi connectivity index (χ0v) is 45.6. The molecule has 0 radical (unpaired) electrons. The lowest BCUT2D eigenvalue weighted by atomic mass is 9.81. The summed E-state index contributed by atoms with van der Waals surface area (Å²) in [5, 5.41) is 25.9. The number of ether oxygens (including phenoxy) is 5. The summed E-state index contributed by atoms with van der Waals surface area (Å²) < 4.78 is 44.1. The molecule has 8 N–H and O–H groups in total. The first-order valence-electron chi connectivity index (χ1n) is 27.2. The van der Waals surface area contributed by atoms with Crippen molar-refractivity contribution in [2.24, 2.45) is 11.7 Å². The van der Waals surface area contributed by atoms with E-state index in [2.05, 4.69) is 26.6 Å². The molecule has 7 rings (SSSR count). The van der Waals surface area contributed by atoms with Crippen LogP contribution in [0.3, 0.4) is 0 Å². The molecule has 3 aliphatic heterocycles. The molecule has 2 aromatic heterocycles. The third-order valence-corrected chi connectivity index (χ3v) is 14.6.